The molecule has 0 saturated carbocycles. The van der Waals surface area contributed by atoms with E-state index in [0.29, 0.717) is 6.04 Å². The van der Waals surface area contributed by atoms with Crippen LogP contribution in [0.15, 0.2) is 0 Å². The third-order valence-electron chi connectivity index (χ3n) is 1.34. The van der Waals surface area contributed by atoms with Crippen LogP contribution in [-0.4, -0.2) is 23.1 Å². The van der Waals surface area contributed by atoms with Crippen LogP contribution >= 0.6 is 0 Å². The summed E-state index contributed by atoms with van der Waals surface area (Å²) in [5, 5.41) is 3.13. The zero-order valence-electron chi connectivity index (χ0n) is 4.89. The predicted octanol–water partition coefficient (Wildman–Crippen LogP) is 0.0390. The molecular formula is C5H9N3. The third-order valence-corrected chi connectivity index (χ3v) is 1.34. The number of hydrogen-bond donors (Lipinski definition) is 1. The van der Waals surface area contributed by atoms with E-state index in [0.717, 1.165) is 18.7 Å². The Morgan fingerprint density at radius 3 is 2.88 bits per heavy atom. The van der Waals surface area contributed by atoms with Gasteiger partial charge in [0.2, 0.25) is 0 Å². The highest BCUT2D eigenvalue weighted by atomic mass is 15.0. The van der Waals surface area contributed by atoms with E-state index in [1.165, 1.54) is 0 Å². The molecule has 0 aliphatic carbocycles. The zero-order chi connectivity index (χ0) is 5.98. The lowest BCUT2D eigenvalue weighted by Gasteiger charge is -1.92. The lowest BCUT2D eigenvalue weighted by molar-refractivity contribution is -0.00819. The summed E-state index contributed by atoms with van der Waals surface area (Å²) in [5.41, 5.74) is 9.09. The SMILES string of the molecule is CC1CC(=[N+]=[N-])CN1. The Kier molecular flexibility index (Phi) is 1.42. The van der Waals surface area contributed by atoms with E-state index < -0.39 is 0 Å². The summed E-state index contributed by atoms with van der Waals surface area (Å²) in [4.78, 5) is 3.09. The van der Waals surface area contributed by atoms with E-state index in [-0.39, 0.29) is 0 Å². The molecule has 1 heterocycles. The molecule has 1 fully saturated rings. The second-order valence-electron chi connectivity index (χ2n) is 2.15. The fourth-order valence-corrected chi connectivity index (χ4v) is 0.866. The number of rotatable bonds is 0. The highest BCUT2D eigenvalue weighted by Gasteiger charge is 2.20. The normalized spacial score (nSPS) is 28.1. The van der Waals surface area contributed by atoms with Gasteiger partial charge in [0.05, 0.1) is 13.0 Å². The van der Waals surface area contributed by atoms with Gasteiger partial charge in [0.25, 0.3) is 5.71 Å². The second kappa shape index (κ2) is 2.07. The molecule has 0 aromatic heterocycles. The van der Waals surface area contributed by atoms with Crippen molar-refractivity contribution in [3.8, 4) is 0 Å². The number of nitrogens with zero attached hydrogens (tertiary/aromatic N) is 2. The fourth-order valence-electron chi connectivity index (χ4n) is 0.866. The first-order chi connectivity index (χ1) is 3.83. The first-order valence-corrected chi connectivity index (χ1v) is 2.76. The minimum atomic E-state index is 0.487. The molecule has 1 rings (SSSR count). The zero-order valence-corrected chi connectivity index (χ0v) is 4.89. The molecule has 0 aromatic rings. The van der Waals surface area contributed by atoms with Crippen molar-refractivity contribution in [1.29, 1.82) is 0 Å². The van der Waals surface area contributed by atoms with Crippen molar-refractivity contribution in [1.82, 2.24) is 5.32 Å². The van der Waals surface area contributed by atoms with Gasteiger partial charge >= 0.3 is 0 Å². The molecule has 1 aliphatic heterocycles. The average molecular weight is 111 g/mol. The van der Waals surface area contributed by atoms with Crippen LogP contribution in [0.1, 0.15) is 13.3 Å². The minimum absolute atomic E-state index is 0.487. The molecule has 44 valence electrons. The predicted molar refractivity (Wildman–Crippen MR) is 30.7 cm³/mol. The Morgan fingerprint density at radius 1 is 1.88 bits per heavy atom. The Morgan fingerprint density at radius 2 is 2.62 bits per heavy atom. The maximum absolute atomic E-state index is 8.23. The van der Waals surface area contributed by atoms with Crippen LogP contribution in [0.5, 0.6) is 0 Å². The lowest BCUT2D eigenvalue weighted by Crippen LogP contribution is -2.16. The largest absolute Gasteiger partial charge is 0.362 e. The molecule has 0 spiro atoms. The molecular weight excluding hydrogens is 102 g/mol. The van der Waals surface area contributed by atoms with Crippen LogP contribution in [0.2, 0.25) is 0 Å². The molecule has 1 aliphatic rings. The van der Waals surface area contributed by atoms with E-state index in [1.807, 2.05) is 0 Å². The van der Waals surface area contributed by atoms with Gasteiger partial charge in [-0.25, -0.2) is 0 Å². The Bertz CT molecular complexity index is 135. The van der Waals surface area contributed by atoms with Gasteiger partial charge in [0, 0.05) is 6.04 Å². The van der Waals surface area contributed by atoms with Gasteiger partial charge in [-0.3, -0.25) is 0 Å². The van der Waals surface area contributed by atoms with Gasteiger partial charge in [-0.2, -0.15) is 4.79 Å². The monoisotopic (exact) mass is 111 g/mol. The van der Waals surface area contributed by atoms with E-state index in [4.69, 9.17) is 5.53 Å². The fraction of sp³-hybridized carbons (Fsp3) is 0.800. The van der Waals surface area contributed by atoms with E-state index in [2.05, 4.69) is 17.0 Å². The van der Waals surface area contributed by atoms with Crippen LogP contribution in [0.25, 0.3) is 5.53 Å². The van der Waals surface area contributed by atoms with Crippen LogP contribution in [0, 0.1) is 0 Å². The molecule has 0 aromatic carbocycles. The first kappa shape index (κ1) is 5.48. The molecule has 0 amide bonds. The van der Waals surface area contributed by atoms with Gasteiger partial charge in [-0.05, 0) is 6.92 Å². The molecule has 8 heavy (non-hydrogen) atoms. The van der Waals surface area contributed by atoms with Crippen molar-refractivity contribution in [3.63, 3.8) is 0 Å². The quantitative estimate of drug-likeness (QED) is 0.348. The van der Waals surface area contributed by atoms with Crippen molar-refractivity contribution >= 4 is 5.71 Å². The molecule has 1 N–H and O–H groups in total. The topological polar surface area (TPSA) is 48.4 Å². The van der Waals surface area contributed by atoms with E-state index in [9.17, 15) is 0 Å². The molecule has 0 radical (unpaired) electrons. The highest BCUT2D eigenvalue weighted by Crippen LogP contribution is 1.98. The van der Waals surface area contributed by atoms with Gasteiger partial charge in [-0.1, -0.05) is 0 Å². The maximum Gasteiger partial charge on any atom is 0.284 e. The summed E-state index contributed by atoms with van der Waals surface area (Å²) in [6.07, 6.45) is 0.885. The van der Waals surface area contributed by atoms with Crippen molar-refractivity contribution in [3.05, 3.63) is 5.53 Å². The highest BCUT2D eigenvalue weighted by molar-refractivity contribution is 5.83. The maximum atomic E-state index is 8.23. The molecule has 1 unspecified atom stereocenters. The van der Waals surface area contributed by atoms with Gasteiger partial charge < -0.3 is 10.8 Å². The van der Waals surface area contributed by atoms with Crippen molar-refractivity contribution in [2.75, 3.05) is 6.54 Å². The van der Waals surface area contributed by atoms with Crippen LogP contribution in [-0.2, 0) is 0 Å². The molecule has 3 heteroatoms. The number of nitrogens with one attached hydrogen (secondary N) is 1. The van der Waals surface area contributed by atoms with E-state index >= 15 is 0 Å². The van der Waals surface area contributed by atoms with Gasteiger partial charge in [0.1, 0.15) is 0 Å². The Balaban J connectivity index is 2.56. The minimum Gasteiger partial charge on any atom is -0.362 e. The van der Waals surface area contributed by atoms with Crippen molar-refractivity contribution < 1.29 is 4.79 Å². The standard InChI is InChI=1S/C5H9N3/c1-4-2-5(8-6)3-7-4/h4,7H,2-3H2,1H3. The lowest BCUT2D eigenvalue weighted by atomic mass is 10.2. The van der Waals surface area contributed by atoms with Gasteiger partial charge in [-0.15, -0.1) is 0 Å². The Hall–Kier alpha value is -0.660. The summed E-state index contributed by atoms with van der Waals surface area (Å²) in [7, 11) is 0. The molecule has 0 bridgehead atoms. The number of hydrogen-bond acceptors (Lipinski definition) is 1. The second-order valence-corrected chi connectivity index (χ2v) is 2.15. The van der Waals surface area contributed by atoms with E-state index in [1.54, 1.807) is 0 Å². The van der Waals surface area contributed by atoms with Gasteiger partial charge in [0.15, 0.2) is 0 Å². The third kappa shape index (κ3) is 0.941. The van der Waals surface area contributed by atoms with Crippen LogP contribution in [0.4, 0.5) is 0 Å². The van der Waals surface area contributed by atoms with Crippen molar-refractivity contribution in [2.45, 2.75) is 19.4 Å². The van der Waals surface area contributed by atoms with Crippen LogP contribution in [0.3, 0.4) is 0 Å². The summed E-state index contributed by atoms with van der Waals surface area (Å²) in [5.74, 6) is 0. The Labute approximate surface area is 48.3 Å². The summed E-state index contributed by atoms with van der Waals surface area (Å²) >= 11 is 0. The molecule has 1 atom stereocenters. The van der Waals surface area contributed by atoms with Crippen molar-refractivity contribution in [2.24, 2.45) is 0 Å². The summed E-state index contributed by atoms with van der Waals surface area (Å²) < 4.78 is 0. The average Bonchev–Trinajstić information content (AvgIpc) is 2.14. The summed E-state index contributed by atoms with van der Waals surface area (Å²) in [6.45, 7) is 2.82. The molecule has 3 nitrogen and oxygen atoms in total. The first-order valence-electron chi connectivity index (χ1n) is 2.76. The summed E-state index contributed by atoms with van der Waals surface area (Å²) in [6, 6.07) is 0.487. The molecule has 1 saturated heterocycles. The van der Waals surface area contributed by atoms with Crippen LogP contribution < -0.4 is 5.32 Å². The smallest absolute Gasteiger partial charge is 0.284 e.